The standard InChI is InChI=1S/C21H31N5O3/c1-14(2)7-10-25-11-8-15(3)18(20(25)28)21(29)26-9-5-6-16(12-26)19-23-22-17(13-27)24(19)4/h8,11,14,16,27H,5-7,9-10,12-13H2,1-4H3. The summed E-state index contributed by atoms with van der Waals surface area (Å²) >= 11 is 0. The zero-order chi connectivity index (χ0) is 21.1. The maximum atomic E-state index is 13.3. The second kappa shape index (κ2) is 8.90. The number of carbonyl (C=O) groups excluding carboxylic acids is 1. The lowest BCUT2D eigenvalue weighted by Gasteiger charge is -2.32. The van der Waals surface area contributed by atoms with Crippen LogP contribution in [0.25, 0.3) is 0 Å². The fraction of sp³-hybridized carbons (Fsp3) is 0.619. The van der Waals surface area contributed by atoms with Crippen LogP contribution in [-0.2, 0) is 20.2 Å². The third kappa shape index (κ3) is 4.42. The molecule has 158 valence electrons. The minimum atomic E-state index is -0.209. The molecule has 1 atom stereocenters. The highest BCUT2D eigenvalue weighted by atomic mass is 16.3. The number of carbonyl (C=O) groups is 1. The summed E-state index contributed by atoms with van der Waals surface area (Å²) < 4.78 is 3.45. The number of hydrogen-bond acceptors (Lipinski definition) is 5. The summed E-state index contributed by atoms with van der Waals surface area (Å²) in [6.45, 7) is 7.62. The molecule has 0 saturated carbocycles. The number of aliphatic hydroxyl groups is 1. The first-order valence-corrected chi connectivity index (χ1v) is 10.3. The molecule has 1 amide bonds. The third-order valence-electron chi connectivity index (χ3n) is 5.75. The van der Waals surface area contributed by atoms with Crippen molar-refractivity contribution in [3.05, 3.63) is 45.4 Å². The van der Waals surface area contributed by atoms with E-state index in [2.05, 4.69) is 24.0 Å². The van der Waals surface area contributed by atoms with Crippen LogP contribution in [0.3, 0.4) is 0 Å². The Hall–Kier alpha value is -2.48. The number of aryl methyl sites for hydroxylation is 2. The molecule has 8 nitrogen and oxygen atoms in total. The molecule has 0 bridgehead atoms. The van der Waals surface area contributed by atoms with E-state index in [0.29, 0.717) is 36.9 Å². The zero-order valence-electron chi connectivity index (χ0n) is 17.8. The predicted octanol–water partition coefficient (Wildman–Crippen LogP) is 1.84. The maximum Gasteiger partial charge on any atom is 0.263 e. The first-order valence-electron chi connectivity index (χ1n) is 10.3. The van der Waals surface area contributed by atoms with Crippen molar-refractivity contribution < 1.29 is 9.90 Å². The lowest BCUT2D eigenvalue weighted by atomic mass is 9.96. The molecule has 0 spiro atoms. The summed E-state index contributed by atoms with van der Waals surface area (Å²) in [5.41, 5.74) is 0.772. The van der Waals surface area contributed by atoms with Gasteiger partial charge in [0.1, 0.15) is 18.0 Å². The molecule has 1 saturated heterocycles. The van der Waals surface area contributed by atoms with E-state index in [1.165, 1.54) is 0 Å². The number of aliphatic hydroxyl groups excluding tert-OH is 1. The number of pyridine rings is 1. The molecule has 1 unspecified atom stereocenters. The van der Waals surface area contributed by atoms with Crippen LogP contribution in [0.1, 0.15) is 66.6 Å². The Kier molecular flexibility index (Phi) is 6.52. The topological polar surface area (TPSA) is 93.2 Å². The van der Waals surface area contributed by atoms with Gasteiger partial charge < -0.3 is 19.1 Å². The molecule has 1 fully saturated rings. The minimum Gasteiger partial charge on any atom is -0.388 e. The van der Waals surface area contributed by atoms with Crippen molar-refractivity contribution in [1.82, 2.24) is 24.2 Å². The summed E-state index contributed by atoms with van der Waals surface area (Å²) in [5, 5.41) is 17.6. The second-order valence-electron chi connectivity index (χ2n) is 8.34. The lowest BCUT2D eigenvalue weighted by Crippen LogP contribution is -2.43. The number of amides is 1. The Balaban J connectivity index is 1.83. The van der Waals surface area contributed by atoms with Crippen LogP contribution < -0.4 is 5.56 Å². The molecule has 0 radical (unpaired) electrons. The van der Waals surface area contributed by atoms with Gasteiger partial charge in [0.15, 0.2) is 5.82 Å². The minimum absolute atomic E-state index is 0.0395. The average molecular weight is 402 g/mol. The number of likely N-dealkylation sites (tertiary alicyclic amines) is 1. The molecular formula is C21H31N5O3. The molecule has 3 heterocycles. The highest BCUT2D eigenvalue weighted by Gasteiger charge is 2.30. The van der Waals surface area contributed by atoms with Crippen LogP contribution >= 0.6 is 0 Å². The van der Waals surface area contributed by atoms with E-state index in [4.69, 9.17) is 0 Å². The molecule has 1 aliphatic rings. The smallest absolute Gasteiger partial charge is 0.263 e. The van der Waals surface area contributed by atoms with E-state index in [9.17, 15) is 14.7 Å². The Morgan fingerprint density at radius 1 is 1.34 bits per heavy atom. The third-order valence-corrected chi connectivity index (χ3v) is 5.75. The van der Waals surface area contributed by atoms with Gasteiger partial charge in [-0.2, -0.15) is 0 Å². The second-order valence-corrected chi connectivity index (χ2v) is 8.34. The maximum absolute atomic E-state index is 13.3. The molecular weight excluding hydrogens is 370 g/mol. The highest BCUT2D eigenvalue weighted by molar-refractivity contribution is 5.95. The van der Waals surface area contributed by atoms with E-state index in [1.807, 2.05) is 20.0 Å². The average Bonchev–Trinajstić information content (AvgIpc) is 3.07. The van der Waals surface area contributed by atoms with E-state index < -0.39 is 0 Å². The van der Waals surface area contributed by atoms with Crippen LogP contribution in [0.2, 0.25) is 0 Å². The zero-order valence-corrected chi connectivity index (χ0v) is 17.8. The van der Waals surface area contributed by atoms with Crippen molar-refractivity contribution in [3.8, 4) is 0 Å². The van der Waals surface area contributed by atoms with Gasteiger partial charge in [0, 0.05) is 38.8 Å². The normalized spacial score (nSPS) is 17.2. The number of aromatic nitrogens is 4. The van der Waals surface area contributed by atoms with Gasteiger partial charge in [-0.3, -0.25) is 9.59 Å². The molecule has 0 aliphatic carbocycles. The predicted molar refractivity (Wildman–Crippen MR) is 110 cm³/mol. The molecule has 1 N–H and O–H groups in total. The monoisotopic (exact) mass is 401 g/mol. The van der Waals surface area contributed by atoms with Gasteiger partial charge in [-0.15, -0.1) is 10.2 Å². The number of rotatable bonds is 6. The van der Waals surface area contributed by atoms with Crippen molar-refractivity contribution >= 4 is 5.91 Å². The van der Waals surface area contributed by atoms with Crippen LogP contribution in [-0.4, -0.2) is 48.3 Å². The summed E-state index contributed by atoms with van der Waals surface area (Å²) in [5.74, 6) is 1.60. The Morgan fingerprint density at radius 3 is 2.76 bits per heavy atom. The summed E-state index contributed by atoms with van der Waals surface area (Å²) in [7, 11) is 1.83. The van der Waals surface area contributed by atoms with E-state index in [1.54, 1.807) is 20.2 Å². The van der Waals surface area contributed by atoms with Crippen LogP contribution in [0.15, 0.2) is 17.1 Å². The van der Waals surface area contributed by atoms with Crippen molar-refractivity contribution in [1.29, 1.82) is 0 Å². The first kappa shape index (κ1) is 21.2. The molecule has 1 aliphatic heterocycles. The summed E-state index contributed by atoms with van der Waals surface area (Å²) in [4.78, 5) is 28.0. The van der Waals surface area contributed by atoms with Gasteiger partial charge in [0.2, 0.25) is 0 Å². The van der Waals surface area contributed by atoms with Gasteiger partial charge >= 0.3 is 0 Å². The Morgan fingerprint density at radius 2 is 2.10 bits per heavy atom. The molecule has 8 heteroatoms. The Labute approximate surface area is 171 Å². The van der Waals surface area contributed by atoms with Crippen LogP contribution in [0.4, 0.5) is 0 Å². The number of hydrogen-bond donors (Lipinski definition) is 1. The molecule has 3 rings (SSSR count). The molecule has 2 aromatic heterocycles. The van der Waals surface area contributed by atoms with Gasteiger partial charge in [0.05, 0.1) is 0 Å². The summed E-state index contributed by atoms with van der Waals surface area (Å²) in [6.07, 6.45) is 4.41. The molecule has 0 aromatic carbocycles. The van der Waals surface area contributed by atoms with E-state index in [-0.39, 0.29) is 29.6 Å². The lowest BCUT2D eigenvalue weighted by molar-refractivity contribution is 0.0700. The quantitative estimate of drug-likeness (QED) is 0.797. The molecule has 29 heavy (non-hydrogen) atoms. The van der Waals surface area contributed by atoms with Crippen molar-refractivity contribution in [2.24, 2.45) is 13.0 Å². The van der Waals surface area contributed by atoms with E-state index in [0.717, 1.165) is 25.1 Å². The van der Waals surface area contributed by atoms with E-state index >= 15 is 0 Å². The SMILES string of the molecule is Cc1ccn(CCC(C)C)c(=O)c1C(=O)N1CCCC(c2nnc(CO)n2C)C1. The number of nitrogens with zero attached hydrogens (tertiary/aromatic N) is 5. The van der Waals surface area contributed by atoms with Gasteiger partial charge in [0.25, 0.3) is 11.5 Å². The summed E-state index contributed by atoms with van der Waals surface area (Å²) in [6, 6.07) is 1.85. The first-order chi connectivity index (χ1) is 13.8. The largest absolute Gasteiger partial charge is 0.388 e. The van der Waals surface area contributed by atoms with Gasteiger partial charge in [-0.25, -0.2) is 0 Å². The Bertz CT molecular complexity index is 931. The van der Waals surface area contributed by atoms with Crippen molar-refractivity contribution in [2.45, 2.75) is 59.1 Å². The fourth-order valence-electron chi connectivity index (χ4n) is 3.90. The highest BCUT2D eigenvalue weighted by Crippen LogP contribution is 2.26. The fourth-order valence-corrected chi connectivity index (χ4v) is 3.90. The van der Waals surface area contributed by atoms with Crippen LogP contribution in [0.5, 0.6) is 0 Å². The van der Waals surface area contributed by atoms with Crippen LogP contribution in [0, 0.1) is 12.8 Å². The van der Waals surface area contributed by atoms with Crippen molar-refractivity contribution in [2.75, 3.05) is 13.1 Å². The van der Waals surface area contributed by atoms with Gasteiger partial charge in [-0.1, -0.05) is 13.8 Å². The molecule has 2 aromatic rings. The number of piperidine rings is 1. The van der Waals surface area contributed by atoms with Crippen molar-refractivity contribution in [3.63, 3.8) is 0 Å². The van der Waals surface area contributed by atoms with Gasteiger partial charge in [-0.05, 0) is 43.7 Å².